The Morgan fingerprint density at radius 2 is 2.08 bits per heavy atom. The monoisotopic (exact) mass is 336 g/mol. The quantitative estimate of drug-likeness (QED) is 0.763. The van der Waals surface area contributed by atoms with Crippen molar-refractivity contribution in [2.75, 3.05) is 5.32 Å². The summed E-state index contributed by atoms with van der Waals surface area (Å²) in [6.07, 6.45) is 11.4. The van der Waals surface area contributed by atoms with Gasteiger partial charge in [-0.25, -0.2) is 9.97 Å². The highest BCUT2D eigenvalue weighted by Crippen LogP contribution is 2.34. The maximum absolute atomic E-state index is 4.91. The van der Waals surface area contributed by atoms with Crippen LogP contribution >= 0.6 is 0 Å². The first-order valence-electron chi connectivity index (χ1n) is 9.12. The average Bonchev–Trinajstić information content (AvgIpc) is 3.31. The van der Waals surface area contributed by atoms with Crippen LogP contribution in [0.25, 0.3) is 11.0 Å². The molecule has 3 aromatic heterocycles. The summed E-state index contributed by atoms with van der Waals surface area (Å²) in [7, 11) is 1.94. The molecule has 0 bridgehead atoms. The number of pyridine rings is 1. The number of rotatable bonds is 5. The molecule has 6 nitrogen and oxygen atoms in total. The maximum atomic E-state index is 4.91. The number of nitrogens with one attached hydrogen (secondary N) is 1. The molecule has 0 unspecified atom stereocenters. The van der Waals surface area contributed by atoms with Gasteiger partial charge in [-0.3, -0.25) is 9.67 Å². The maximum Gasteiger partial charge on any atom is 0.163 e. The third kappa shape index (κ3) is 3.08. The molecule has 6 heteroatoms. The van der Waals surface area contributed by atoms with E-state index in [0.717, 1.165) is 29.1 Å². The van der Waals surface area contributed by atoms with E-state index in [2.05, 4.69) is 28.4 Å². The van der Waals surface area contributed by atoms with Crippen LogP contribution in [0.1, 0.15) is 62.4 Å². The molecule has 0 saturated heterocycles. The Labute approximate surface area is 147 Å². The summed E-state index contributed by atoms with van der Waals surface area (Å²) in [5.41, 5.74) is 2.07. The van der Waals surface area contributed by atoms with Crippen molar-refractivity contribution in [3.63, 3.8) is 0 Å². The zero-order valence-electron chi connectivity index (χ0n) is 14.8. The van der Waals surface area contributed by atoms with Crippen molar-refractivity contribution in [3.8, 4) is 0 Å². The Balaban J connectivity index is 1.74. The van der Waals surface area contributed by atoms with Gasteiger partial charge in [0.1, 0.15) is 11.6 Å². The van der Waals surface area contributed by atoms with Crippen LogP contribution in [0.15, 0.2) is 30.7 Å². The third-order valence-corrected chi connectivity index (χ3v) is 5.14. The zero-order valence-corrected chi connectivity index (χ0v) is 14.8. The van der Waals surface area contributed by atoms with Gasteiger partial charge in [0.05, 0.1) is 17.6 Å². The summed E-state index contributed by atoms with van der Waals surface area (Å²) in [4.78, 5) is 14.0. The van der Waals surface area contributed by atoms with Crippen molar-refractivity contribution in [1.29, 1.82) is 0 Å². The molecule has 1 fully saturated rings. The molecule has 1 saturated carbocycles. The molecule has 1 aliphatic carbocycles. The van der Waals surface area contributed by atoms with Gasteiger partial charge in [0.25, 0.3) is 0 Å². The number of aryl methyl sites for hydroxylation is 1. The molecule has 3 aromatic rings. The first-order chi connectivity index (χ1) is 12.3. The molecular weight excluding hydrogens is 312 g/mol. The third-order valence-electron chi connectivity index (χ3n) is 5.14. The van der Waals surface area contributed by atoms with E-state index < -0.39 is 0 Å². The molecule has 1 N–H and O–H groups in total. The summed E-state index contributed by atoms with van der Waals surface area (Å²) in [5.74, 6) is 2.31. The van der Waals surface area contributed by atoms with Gasteiger partial charge in [0.15, 0.2) is 5.65 Å². The summed E-state index contributed by atoms with van der Waals surface area (Å²) in [5, 5.41) is 8.99. The van der Waals surface area contributed by atoms with E-state index in [0.29, 0.717) is 5.92 Å². The van der Waals surface area contributed by atoms with Crippen LogP contribution in [-0.4, -0.2) is 24.7 Å². The fourth-order valence-corrected chi connectivity index (χ4v) is 3.68. The molecule has 1 aliphatic rings. The van der Waals surface area contributed by atoms with Crippen LogP contribution in [0.4, 0.5) is 5.82 Å². The molecule has 130 valence electrons. The Bertz CT molecular complexity index is 851. The second-order valence-corrected chi connectivity index (χ2v) is 6.81. The van der Waals surface area contributed by atoms with E-state index in [1.165, 1.54) is 31.2 Å². The lowest BCUT2D eigenvalue weighted by Gasteiger charge is -2.19. The summed E-state index contributed by atoms with van der Waals surface area (Å²) in [6, 6.07) is 4.25. The Morgan fingerprint density at radius 3 is 2.80 bits per heavy atom. The molecule has 0 spiro atoms. The van der Waals surface area contributed by atoms with E-state index in [1.807, 2.05) is 30.2 Å². The van der Waals surface area contributed by atoms with Crippen LogP contribution in [0, 0.1) is 0 Å². The van der Waals surface area contributed by atoms with E-state index >= 15 is 0 Å². The second kappa shape index (κ2) is 6.78. The number of hydrogen-bond donors (Lipinski definition) is 1. The number of hydrogen-bond acceptors (Lipinski definition) is 5. The lowest BCUT2D eigenvalue weighted by molar-refractivity contribution is 0.664. The van der Waals surface area contributed by atoms with Crippen molar-refractivity contribution >= 4 is 16.9 Å². The Morgan fingerprint density at radius 1 is 1.24 bits per heavy atom. The van der Waals surface area contributed by atoms with E-state index in [1.54, 1.807) is 6.20 Å². The molecular formula is C19H24N6. The molecule has 25 heavy (non-hydrogen) atoms. The zero-order chi connectivity index (χ0) is 17.2. The normalized spacial score (nSPS) is 16.4. The lowest BCUT2D eigenvalue weighted by atomic mass is 10.1. The largest absolute Gasteiger partial charge is 0.362 e. The van der Waals surface area contributed by atoms with Crippen molar-refractivity contribution in [2.24, 2.45) is 7.05 Å². The molecule has 4 rings (SSSR count). The summed E-state index contributed by atoms with van der Waals surface area (Å²) >= 11 is 0. The predicted octanol–water partition coefficient (Wildman–Crippen LogP) is 3.98. The van der Waals surface area contributed by atoms with E-state index in [4.69, 9.17) is 9.97 Å². The van der Waals surface area contributed by atoms with Gasteiger partial charge in [-0.05, 0) is 30.9 Å². The molecule has 1 atom stereocenters. The fraction of sp³-hybridized carbons (Fsp3) is 0.474. The van der Waals surface area contributed by atoms with Gasteiger partial charge in [-0.15, -0.1) is 0 Å². The number of anilines is 1. The fourth-order valence-electron chi connectivity index (χ4n) is 3.68. The van der Waals surface area contributed by atoms with E-state index in [9.17, 15) is 0 Å². The smallest absolute Gasteiger partial charge is 0.163 e. The van der Waals surface area contributed by atoms with Crippen molar-refractivity contribution < 1.29 is 0 Å². The van der Waals surface area contributed by atoms with Crippen molar-refractivity contribution in [3.05, 3.63) is 42.1 Å². The van der Waals surface area contributed by atoms with Crippen LogP contribution in [0.3, 0.4) is 0 Å². The van der Waals surface area contributed by atoms with Crippen molar-refractivity contribution in [1.82, 2.24) is 24.7 Å². The predicted molar refractivity (Wildman–Crippen MR) is 98.4 cm³/mol. The summed E-state index contributed by atoms with van der Waals surface area (Å²) in [6.45, 7) is 2.17. The van der Waals surface area contributed by atoms with E-state index in [-0.39, 0.29) is 6.04 Å². The van der Waals surface area contributed by atoms with Crippen molar-refractivity contribution in [2.45, 2.75) is 51.0 Å². The van der Waals surface area contributed by atoms with Gasteiger partial charge >= 0.3 is 0 Å². The van der Waals surface area contributed by atoms with Gasteiger partial charge in [-0.2, -0.15) is 5.10 Å². The average molecular weight is 336 g/mol. The number of fused-ring (bicyclic) bond motifs is 1. The SMILES string of the molecule is CC[C@@H](Nc1nc(C2CCCC2)nc2c1cnn2C)c1cccnc1. The molecule has 0 aliphatic heterocycles. The summed E-state index contributed by atoms with van der Waals surface area (Å²) < 4.78 is 1.84. The Hall–Kier alpha value is -2.50. The standard InChI is InChI=1S/C19H24N6/c1-3-16(14-9-6-10-20-11-14)22-18-15-12-21-25(2)19(15)24-17(23-18)13-7-4-5-8-13/h6,9-13,16H,3-5,7-8H2,1-2H3,(H,22,23,24)/t16-/m1/s1. The highest BCUT2D eigenvalue weighted by molar-refractivity contribution is 5.86. The first-order valence-corrected chi connectivity index (χ1v) is 9.12. The van der Waals surface area contributed by atoms with Crippen LogP contribution in [0.5, 0.6) is 0 Å². The van der Waals surface area contributed by atoms with Crippen LogP contribution < -0.4 is 5.32 Å². The topological polar surface area (TPSA) is 68.5 Å². The molecule has 0 radical (unpaired) electrons. The van der Waals surface area contributed by atoms with Gasteiger partial charge in [0.2, 0.25) is 0 Å². The molecule has 0 aromatic carbocycles. The highest BCUT2D eigenvalue weighted by Gasteiger charge is 2.23. The first kappa shape index (κ1) is 16.0. The molecule has 0 amide bonds. The molecule has 3 heterocycles. The lowest BCUT2D eigenvalue weighted by Crippen LogP contribution is -2.13. The minimum atomic E-state index is 0.170. The van der Waals surface area contributed by atoms with Gasteiger partial charge in [-0.1, -0.05) is 25.8 Å². The van der Waals surface area contributed by atoms with Crippen LogP contribution in [-0.2, 0) is 7.05 Å². The highest BCUT2D eigenvalue weighted by atomic mass is 15.3. The van der Waals surface area contributed by atoms with Gasteiger partial charge in [0, 0.05) is 25.4 Å². The van der Waals surface area contributed by atoms with Crippen LogP contribution in [0.2, 0.25) is 0 Å². The Kier molecular flexibility index (Phi) is 4.34. The minimum absolute atomic E-state index is 0.170. The second-order valence-electron chi connectivity index (χ2n) is 6.81. The minimum Gasteiger partial charge on any atom is -0.362 e. The van der Waals surface area contributed by atoms with Gasteiger partial charge < -0.3 is 5.32 Å². The number of nitrogens with zero attached hydrogens (tertiary/aromatic N) is 5. The number of aromatic nitrogens is 5.